The summed E-state index contributed by atoms with van der Waals surface area (Å²) in [5, 5.41) is 0. The number of rotatable bonds is 3. The third-order valence-electron chi connectivity index (χ3n) is 1.89. The molecule has 4 nitrogen and oxygen atoms in total. The highest BCUT2D eigenvalue weighted by molar-refractivity contribution is 7.67. The first-order chi connectivity index (χ1) is 7.40. The van der Waals surface area contributed by atoms with Crippen LogP contribution in [0.2, 0.25) is 0 Å². The van der Waals surface area contributed by atoms with Gasteiger partial charge in [0.25, 0.3) is 0 Å². The maximum atomic E-state index is 12.8. The van der Waals surface area contributed by atoms with Crippen molar-refractivity contribution in [3.8, 4) is 0 Å². The van der Waals surface area contributed by atoms with Crippen LogP contribution in [0.25, 0.3) is 0 Å². The van der Waals surface area contributed by atoms with E-state index in [0.717, 1.165) is 12.1 Å². The van der Waals surface area contributed by atoms with E-state index in [-0.39, 0.29) is 5.56 Å². The Hall–Kier alpha value is -1.50. The average molecular weight is 250 g/mol. The van der Waals surface area contributed by atoms with Gasteiger partial charge in [0.1, 0.15) is 0 Å². The van der Waals surface area contributed by atoms with Gasteiger partial charge in [0.15, 0.2) is 11.6 Å². The molecule has 0 aromatic heterocycles. The van der Waals surface area contributed by atoms with Crippen LogP contribution in [-0.4, -0.2) is 14.4 Å². The van der Waals surface area contributed by atoms with E-state index in [0.29, 0.717) is 5.56 Å². The SMILES string of the molecule is Cc1cc(F)c(F)cc1CC(=O)O[SH](=O)=O. The number of benzene rings is 1. The molecule has 0 aliphatic carbocycles. The molecule has 0 bridgehead atoms. The Morgan fingerprint density at radius 2 is 1.88 bits per heavy atom. The first-order valence-corrected chi connectivity index (χ1v) is 5.29. The smallest absolute Gasteiger partial charge is 0.326 e. The van der Waals surface area contributed by atoms with Gasteiger partial charge in [0, 0.05) is 0 Å². The molecule has 0 fully saturated rings. The van der Waals surface area contributed by atoms with E-state index in [2.05, 4.69) is 4.18 Å². The minimum absolute atomic E-state index is 0.181. The van der Waals surface area contributed by atoms with Crippen molar-refractivity contribution in [2.24, 2.45) is 0 Å². The fraction of sp³-hybridized carbons (Fsp3) is 0.222. The largest absolute Gasteiger partial charge is 0.347 e. The summed E-state index contributed by atoms with van der Waals surface area (Å²) in [5.74, 6) is -3.16. The fourth-order valence-corrected chi connectivity index (χ4v) is 1.38. The lowest BCUT2D eigenvalue weighted by atomic mass is 10.1. The second-order valence-electron chi connectivity index (χ2n) is 3.06. The molecule has 0 unspecified atom stereocenters. The minimum Gasteiger partial charge on any atom is -0.347 e. The maximum Gasteiger partial charge on any atom is 0.326 e. The zero-order chi connectivity index (χ0) is 12.3. The van der Waals surface area contributed by atoms with Crippen LogP contribution in [-0.2, 0) is 26.4 Å². The van der Waals surface area contributed by atoms with E-state index in [4.69, 9.17) is 0 Å². The van der Waals surface area contributed by atoms with Gasteiger partial charge in [0.05, 0.1) is 6.42 Å². The third-order valence-corrected chi connectivity index (χ3v) is 2.24. The van der Waals surface area contributed by atoms with Gasteiger partial charge in [-0.1, -0.05) is 0 Å². The lowest BCUT2D eigenvalue weighted by molar-refractivity contribution is -0.132. The summed E-state index contributed by atoms with van der Waals surface area (Å²) in [5.41, 5.74) is 0.526. The number of thiol groups is 1. The van der Waals surface area contributed by atoms with Crippen molar-refractivity contribution in [3.05, 3.63) is 34.9 Å². The molecule has 1 aromatic rings. The van der Waals surface area contributed by atoms with E-state index in [1.165, 1.54) is 6.92 Å². The third kappa shape index (κ3) is 3.27. The summed E-state index contributed by atoms with van der Waals surface area (Å²) < 4.78 is 49.6. The van der Waals surface area contributed by atoms with Crippen molar-refractivity contribution in [3.63, 3.8) is 0 Å². The van der Waals surface area contributed by atoms with Crippen molar-refractivity contribution >= 4 is 17.0 Å². The Morgan fingerprint density at radius 3 is 2.44 bits per heavy atom. The number of halogens is 2. The maximum absolute atomic E-state index is 12.8. The molecule has 0 heterocycles. The normalized spacial score (nSPS) is 10.5. The topological polar surface area (TPSA) is 60.4 Å². The molecule has 0 radical (unpaired) electrons. The molecular formula is C9H8F2O4S. The number of hydrogen-bond acceptors (Lipinski definition) is 4. The summed E-state index contributed by atoms with van der Waals surface area (Å²) in [7, 11) is -3.28. The second-order valence-corrected chi connectivity index (χ2v) is 3.69. The molecule has 0 atom stereocenters. The summed E-state index contributed by atoms with van der Waals surface area (Å²) in [6.45, 7) is 1.47. The highest BCUT2D eigenvalue weighted by Gasteiger charge is 2.12. The zero-order valence-electron chi connectivity index (χ0n) is 8.20. The molecule has 0 N–H and O–H groups in total. The van der Waals surface area contributed by atoms with Crippen LogP contribution in [0.3, 0.4) is 0 Å². The Labute approximate surface area is 92.0 Å². The summed E-state index contributed by atoms with van der Waals surface area (Å²) >= 11 is 0. The number of carbonyl (C=O) groups is 1. The zero-order valence-corrected chi connectivity index (χ0v) is 9.09. The number of aryl methyl sites for hydroxylation is 1. The van der Waals surface area contributed by atoms with Gasteiger partial charge >= 0.3 is 17.0 Å². The van der Waals surface area contributed by atoms with Crippen LogP contribution in [0.4, 0.5) is 8.78 Å². The van der Waals surface area contributed by atoms with E-state index >= 15 is 0 Å². The Bertz CT molecular complexity index is 489. The summed E-state index contributed by atoms with van der Waals surface area (Å²) in [4.78, 5) is 10.9. The highest BCUT2D eigenvalue weighted by Crippen LogP contribution is 2.15. The van der Waals surface area contributed by atoms with Gasteiger partial charge in [-0.2, -0.15) is 8.42 Å². The van der Waals surface area contributed by atoms with Crippen molar-refractivity contribution in [2.45, 2.75) is 13.3 Å². The molecule has 88 valence electrons. The monoisotopic (exact) mass is 250 g/mol. The van der Waals surface area contributed by atoms with Crippen molar-refractivity contribution < 1.29 is 26.2 Å². The number of hydrogen-bond donors (Lipinski definition) is 1. The lowest BCUT2D eigenvalue weighted by Gasteiger charge is -2.04. The molecule has 16 heavy (non-hydrogen) atoms. The van der Waals surface area contributed by atoms with Gasteiger partial charge in [-0.15, -0.1) is 0 Å². The Morgan fingerprint density at radius 1 is 1.31 bits per heavy atom. The molecule has 1 rings (SSSR count). The molecule has 0 saturated carbocycles. The predicted molar refractivity (Wildman–Crippen MR) is 51.2 cm³/mol. The quantitative estimate of drug-likeness (QED) is 0.809. The van der Waals surface area contributed by atoms with Crippen LogP contribution >= 0.6 is 0 Å². The van der Waals surface area contributed by atoms with Gasteiger partial charge in [0.2, 0.25) is 0 Å². The van der Waals surface area contributed by atoms with Crippen LogP contribution in [0.5, 0.6) is 0 Å². The van der Waals surface area contributed by atoms with Gasteiger partial charge in [-0.3, -0.25) is 4.79 Å². The van der Waals surface area contributed by atoms with E-state index < -0.39 is 35.0 Å². The fourth-order valence-electron chi connectivity index (χ4n) is 1.15. The Kier molecular flexibility index (Phi) is 3.94. The minimum atomic E-state index is -3.28. The van der Waals surface area contributed by atoms with Crippen LogP contribution in [0.1, 0.15) is 11.1 Å². The van der Waals surface area contributed by atoms with Crippen LogP contribution in [0, 0.1) is 18.6 Å². The van der Waals surface area contributed by atoms with Gasteiger partial charge in [-0.25, -0.2) is 8.78 Å². The highest BCUT2D eigenvalue weighted by atomic mass is 32.2. The van der Waals surface area contributed by atoms with E-state index in [1.54, 1.807) is 0 Å². The summed E-state index contributed by atoms with van der Waals surface area (Å²) in [6, 6.07) is 1.76. The molecule has 1 aromatic carbocycles. The molecule has 0 saturated heterocycles. The van der Waals surface area contributed by atoms with Crippen LogP contribution < -0.4 is 0 Å². The molecule has 0 amide bonds. The van der Waals surface area contributed by atoms with Crippen molar-refractivity contribution in [1.29, 1.82) is 0 Å². The van der Waals surface area contributed by atoms with E-state index in [9.17, 15) is 22.0 Å². The Balaban J connectivity index is 2.89. The second kappa shape index (κ2) is 5.02. The van der Waals surface area contributed by atoms with Crippen molar-refractivity contribution in [1.82, 2.24) is 0 Å². The van der Waals surface area contributed by atoms with Crippen molar-refractivity contribution in [2.75, 3.05) is 0 Å². The van der Waals surface area contributed by atoms with Gasteiger partial charge < -0.3 is 4.18 Å². The predicted octanol–water partition coefficient (Wildman–Crippen LogP) is 0.885. The molecule has 7 heteroatoms. The molecular weight excluding hydrogens is 242 g/mol. The lowest BCUT2D eigenvalue weighted by Crippen LogP contribution is -2.08. The van der Waals surface area contributed by atoms with E-state index in [1.807, 2.05) is 0 Å². The molecule has 0 aliphatic heterocycles. The van der Waals surface area contributed by atoms with Crippen LogP contribution in [0.15, 0.2) is 12.1 Å². The standard InChI is InChI=1S/C9H8F2O4S/c1-5-2-7(10)8(11)3-6(5)4-9(12)15-16(13)14/h2-3,16H,4H2,1H3. The number of carbonyl (C=O) groups excluding carboxylic acids is 1. The average Bonchev–Trinajstić information content (AvgIpc) is 2.12. The van der Waals surface area contributed by atoms with Gasteiger partial charge in [-0.05, 0) is 30.2 Å². The first-order valence-electron chi connectivity index (χ1n) is 4.20. The molecule has 0 aliphatic rings. The molecule has 0 spiro atoms. The summed E-state index contributed by atoms with van der Waals surface area (Å²) in [6.07, 6.45) is -0.424. The first kappa shape index (κ1) is 12.6.